The molecule has 0 aliphatic rings. The molecule has 1 unspecified atom stereocenters. The number of ether oxygens (including phenoxy) is 2. The average Bonchev–Trinajstić information content (AvgIpc) is 2.53. The van der Waals surface area contributed by atoms with Gasteiger partial charge < -0.3 is 24.2 Å². The van der Waals surface area contributed by atoms with Gasteiger partial charge in [-0.15, -0.1) is 0 Å². The van der Waals surface area contributed by atoms with Gasteiger partial charge in [0.2, 0.25) is 7.37 Å². The monoisotopic (exact) mass is 386 g/mol. The Morgan fingerprint density at radius 1 is 0.800 bits per heavy atom. The van der Waals surface area contributed by atoms with Crippen molar-refractivity contribution in [3.8, 4) is 11.5 Å². The zero-order valence-electron chi connectivity index (χ0n) is 13.6. The standard InChI is InChI=1S/C16H20O7P2/c1-24(17,18)15-9-4-2-7-13(15)22-11-6-12-23-14-8-3-5-10-16(14)25(19,20)21/h2-5,7-10H,6,11-12H2,1H3,(H,17,18)(H2,19,20,21). The van der Waals surface area contributed by atoms with Gasteiger partial charge in [-0.05, 0) is 24.3 Å². The van der Waals surface area contributed by atoms with Crippen molar-refractivity contribution in [2.24, 2.45) is 0 Å². The van der Waals surface area contributed by atoms with E-state index in [9.17, 15) is 23.8 Å². The average molecular weight is 386 g/mol. The van der Waals surface area contributed by atoms with E-state index >= 15 is 0 Å². The van der Waals surface area contributed by atoms with E-state index in [1.165, 1.54) is 24.9 Å². The number of benzene rings is 2. The van der Waals surface area contributed by atoms with Crippen LogP contribution >= 0.6 is 15.0 Å². The molecule has 0 amide bonds. The molecule has 0 heterocycles. The summed E-state index contributed by atoms with van der Waals surface area (Å²) < 4.78 is 34.2. The molecule has 0 fully saturated rings. The predicted octanol–water partition coefficient (Wildman–Crippen LogP) is 1.86. The second kappa shape index (κ2) is 8.17. The fourth-order valence-corrected chi connectivity index (χ4v) is 3.78. The topological polar surface area (TPSA) is 113 Å². The lowest BCUT2D eigenvalue weighted by Gasteiger charge is -2.14. The zero-order chi connectivity index (χ0) is 18.5. The Labute approximate surface area is 145 Å². The van der Waals surface area contributed by atoms with Crippen LogP contribution in [0.15, 0.2) is 48.5 Å². The Morgan fingerprint density at radius 2 is 1.24 bits per heavy atom. The van der Waals surface area contributed by atoms with Gasteiger partial charge in [0, 0.05) is 13.1 Å². The SMILES string of the molecule is CP(=O)(O)c1ccccc1OCCCOc1ccccc1P(=O)(O)O. The maximum atomic E-state index is 11.8. The van der Waals surface area contributed by atoms with Gasteiger partial charge in [-0.1, -0.05) is 24.3 Å². The van der Waals surface area contributed by atoms with Gasteiger partial charge in [-0.3, -0.25) is 9.13 Å². The van der Waals surface area contributed by atoms with Crippen molar-refractivity contribution in [3.05, 3.63) is 48.5 Å². The molecular formula is C16H20O7P2. The van der Waals surface area contributed by atoms with E-state index in [0.29, 0.717) is 12.2 Å². The minimum absolute atomic E-state index is 0.129. The first-order valence-electron chi connectivity index (χ1n) is 7.50. The van der Waals surface area contributed by atoms with E-state index in [2.05, 4.69) is 0 Å². The van der Waals surface area contributed by atoms with E-state index < -0.39 is 15.0 Å². The summed E-state index contributed by atoms with van der Waals surface area (Å²) in [6, 6.07) is 12.5. The van der Waals surface area contributed by atoms with Crippen molar-refractivity contribution in [3.63, 3.8) is 0 Å². The van der Waals surface area contributed by atoms with Crippen LogP contribution in [0.4, 0.5) is 0 Å². The molecule has 0 saturated carbocycles. The van der Waals surface area contributed by atoms with Crippen LogP contribution in [-0.4, -0.2) is 34.6 Å². The van der Waals surface area contributed by atoms with Crippen molar-refractivity contribution in [1.82, 2.24) is 0 Å². The van der Waals surface area contributed by atoms with Crippen LogP contribution < -0.4 is 20.1 Å². The number of para-hydroxylation sites is 2. The lowest BCUT2D eigenvalue weighted by Crippen LogP contribution is -2.14. The number of rotatable bonds is 8. The highest BCUT2D eigenvalue weighted by molar-refractivity contribution is 7.65. The van der Waals surface area contributed by atoms with Gasteiger partial charge in [-0.25, -0.2) is 0 Å². The highest BCUT2D eigenvalue weighted by Crippen LogP contribution is 2.38. The van der Waals surface area contributed by atoms with Gasteiger partial charge in [-0.2, -0.15) is 0 Å². The van der Waals surface area contributed by atoms with E-state index in [-0.39, 0.29) is 29.6 Å². The molecule has 2 aromatic rings. The second-order valence-electron chi connectivity index (χ2n) is 5.41. The van der Waals surface area contributed by atoms with Gasteiger partial charge in [0.25, 0.3) is 0 Å². The third-order valence-electron chi connectivity index (χ3n) is 3.30. The molecule has 0 saturated heterocycles. The molecule has 25 heavy (non-hydrogen) atoms. The smallest absolute Gasteiger partial charge is 0.359 e. The van der Waals surface area contributed by atoms with Crippen molar-refractivity contribution in [1.29, 1.82) is 0 Å². The lowest BCUT2D eigenvalue weighted by atomic mass is 10.3. The molecule has 0 bridgehead atoms. The molecule has 0 aliphatic carbocycles. The molecule has 2 aromatic carbocycles. The molecule has 0 aromatic heterocycles. The molecule has 9 heteroatoms. The maximum absolute atomic E-state index is 11.8. The number of hydrogen-bond acceptors (Lipinski definition) is 4. The predicted molar refractivity (Wildman–Crippen MR) is 95.6 cm³/mol. The van der Waals surface area contributed by atoms with E-state index in [0.717, 1.165) is 0 Å². The minimum atomic E-state index is -4.40. The largest absolute Gasteiger partial charge is 0.493 e. The minimum Gasteiger partial charge on any atom is -0.493 e. The van der Waals surface area contributed by atoms with Gasteiger partial charge >= 0.3 is 7.60 Å². The summed E-state index contributed by atoms with van der Waals surface area (Å²) in [5.41, 5.74) is 0. The Kier molecular flexibility index (Phi) is 6.44. The molecule has 7 nitrogen and oxygen atoms in total. The van der Waals surface area contributed by atoms with Gasteiger partial charge in [0.05, 0.1) is 18.5 Å². The van der Waals surface area contributed by atoms with E-state index in [1.54, 1.807) is 30.3 Å². The quantitative estimate of drug-likeness (QED) is 0.469. The second-order valence-corrected chi connectivity index (χ2v) is 9.22. The number of hydrogen-bond donors (Lipinski definition) is 3. The molecule has 2 rings (SSSR count). The summed E-state index contributed by atoms with van der Waals surface area (Å²) in [6.45, 7) is 1.66. The maximum Gasteiger partial charge on any atom is 0.359 e. The molecular weight excluding hydrogens is 366 g/mol. The molecule has 0 radical (unpaired) electrons. The van der Waals surface area contributed by atoms with Crippen LogP contribution in [0, 0.1) is 0 Å². The molecule has 3 N–H and O–H groups in total. The highest BCUT2D eigenvalue weighted by Gasteiger charge is 2.22. The zero-order valence-corrected chi connectivity index (χ0v) is 15.4. The molecule has 0 aliphatic heterocycles. The van der Waals surface area contributed by atoms with E-state index in [1.807, 2.05) is 0 Å². The summed E-state index contributed by atoms with van der Waals surface area (Å²) in [4.78, 5) is 28.3. The molecule has 1 atom stereocenters. The van der Waals surface area contributed by atoms with Crippen molar-refractivity contribution >= 4 is 25.6 Å². The van der Waals surface area contributed by atoms with Crippen molar-refractivity contribution in [2.45, 2.75) is 6.42 Å². The van der Waals surface area contributed by atoms with Crippen LogP contribution in [0.5, 0.6) is 11.5 Å². The highest BCUT2D eigenvalue weighted by atomic mass is 31.2. The summed E-state index contributed by atoms with van der Waals surface area (Å²) >= 11 is 0. The van der Waals surface area contributed by atoms with Crippen molar-refractivity contribution in [2.75, 3.05) is 19.9 Å². The lowest BCUT2D eigenvalue weighted by molar-refractivity contribution is 0.249. The van der Waals surface area contributed by atoms with Crippen molar-refractivity contribution < 1.29 is 33.3 Å². The fraction of sp³-hybridized carbons (Fsp3) is 0.250. The van der Waals surface area contributed by atoms with Crippen LogP contribution in [0.2, 0.25) is 0 Å². The first-order valence-corrected chi connectivity index (χ1v) is 11.2. The summed E-state index contributed by atoms with van der Waals surface area (Å²) in [5.74, 6) is 0.469. The van der Waals surface area contributed by atoms with Crippen LogP contribution in [-0.2, 0) is 9.13 Å². The van der Waals surface area contributed by atoms with Crippen LogP contribution in [0.1, 0.15) is 6.42 Å². The first-order chi connectivity index (χ1) is 11.7. The fourth-order valence-electron chi connectivity index (χ4n) is 2.17. The van der Waals surface area contributed by atoms with Crippen LogP contribution in [0.3, 0.4) is 0 Å². The molecule has 0 spiro atoms. The summed E-state index contributed by atoms with van der Waals surface area (Å²) in [7, 11) is -7.83. The Hall–Kier alpha value is -1.62. The first kappa shape index (κ1) is 19.7. The van der Waals surface area contributed by atoms with E-state index in [4.69, 9.17) is 9.47 Å². The molecule has 136 valence electrons. The Morgan fingerprint density at radius 3 is 1.72 bits per heavy atom. The Balaban J connectivity index is 1.90. The summed E-state index contributed by atoms with van der Waals surface area (Å²) in [6.07, 6.45) is 0.434. The normalized spacial score (nSPS) is 13.9. The third kappa shape index (κ3) is 5.70. The third-order valence-corrected chi connectivity index (χ3v) is 5.56. The van der Waals surface area contributed by atoms with Gasteiger partial charge in [0.15, 0.2) is 0 Å². The van der Waals surface area contributed by atoms with Gasteiger partial charge in [0.1, 0.15) is 16.8 Å². The summed E-state index contributed by atoms with van der Waals surface area (Å²) in [5, 5.41) is 0.0937. The van der Waals surface area contributed by atoms with Crippen LogP contribution in [0.25, 0.3) is 0 Å². The Bertz CT molecular complexity index is 742.